The van der Waals surface area contributed by atoms with Crippen molar-refractivity contribution in [2.45, 2.75) is 26.2 Å². The minimum absolute atomic E-state index is 0.107. The average Bonchev–Trinajstić information content (AvgIpc) is 2.92. The second-order valence-corrected chi connectivity index (χ2v) is 6.86. The quantitative estimate of drug-likeness (QED) is 0.679. The minimum Gasteiger partial charge on any atom is -0.503 e. The predicted molar refractivity (Wildman–Crippen MR) is 102 cm³/mol. The Morgan fingerprint density at radius 2 is 1.96 bits per heavy atom. The number of nitrogens with two attached hydrogens (primary N) is 1. The van der Waals surface area contributed by atoms with E-state index in [0.717, 1.165) is 10.6 Å². The number of phenols is 1. The minimum atomic E-state index is -1.24. The van der Waals surface area contributed by atoms with Crippen molar-refractivity contribution in [3.05, 3.63) is 63.8 Å². The van der Waals surface area contributed by atoms with Gasteiger partial charge in [0.15, 0.2) is 17.4 Å². The molecular formula is C20H17ClF2N2O3. The van der Waals surface area contributed by atoms with Gasteiger partial charge >= 0.3 is 0 Å². The van der Waals surface area contributed by atoms with Gasteiger partial charge in [-0.05, 0) is 37.1 Å². The summed E-state index contributed by atoms with van der Waals surface area (Å²) in [5, 5.41) is 9.84. The Kier molecular flexibility index (Phi) is 5.12. The van der Waals surface area contributed by atoms with E-state index in [-0.39, 0.29) is 34.1 Å². The molecule has 1 unspecified atom stereocenters. The fourth-order valence-corrected chi connectivity index (χ4v) is 3.69. The van der Waals surface area contributed by atoms with Crippen molar-refractivity contribution in [2.24, 2.45) is 5.73 Å². The van der Waals surface area contributed by atoms with Crippen LogP contribution in [0.15, 0.2) is 30.3 Å². The highest BCUT2D eigenvalue weighted by molar-refractivity contribution is 6.31. The number of aromatic hydroxyl groups is 1. The van der Waals surface area contributed by atoms with Crippen molar-refractivity contribution < 1.29 is 23.5 Å². The number of carbonyl (C=O) groups excluding carboxylic acids is 2. The molecule has 1 aromatic heterocycles. The number of benzene rings is 2. The van der Waals surface area contributed by atoms with Crippen LogP contribution in [0.25, 0.3) is 10.9 Å². The normalized spacial score (nSPS) is 12.3. The lowest BCUT2D eigenvalue weighted by Crippen LogP contribution is -2.22. The van der Waals surface area contributed by atoms with E-state index in [0.29, 0.717) is 5.02 Å². The number of phenolic OH excluding ortho intramolecular Hbond substituents is 1. The Balaban J connectivity index is 2.42. The van der Waals surface area contributed by atoms with Crippen molar-refractivity contribution in [2.75, 3.05) is 0 Å². The zero-order chi connectivity index (χ0) is 20.7. The Hall–Kier alpha value is -2.93. The van der Waals surface area contributed by atoms with Crippen LogP contribution >= 0.6 is 11.6 Å². The van der Waals surface area contributed by atoms with Crippen molar-refractivity contribution in [3.63, 3.8) is 0 Å². The first-order valence-electron chi connectivity index (χ1n) is 8.50. The van der Waals surface area contributed by atoms with E-state index in [2.05, 4.69) is 0 Å². The number of aromatic nitrogens is 1. The highest BCUT2D eigenvalue weighted by Crippen LogP contribution is 2.39. The zero-order valence-electron chi connectivity index (χ0n) is 15.1. The van der Waals surface area contributed by atoms with Crippen LogP contribution in [-0.2, 0) is 4.79 Å². The molecule has 3 aromatic rings. The van der Waals surface area contributed by atoms with Gasteiger partial charge in [0.2, 0.25) is 5.91 Å². The number of hydrogen-bond acceptors (Lipinski definition) is 3. The van der Waals surface area contributed by atoms with E-state index in [1.54, 1.807) is 19.1 Å². The predicted octanol–water partition coefficient (Wildman–Crippen LogP) is 4.25. The number of carbonyl (C=O) groups is 2. The summed E-state index contributed by atoms with van der Waals surface area (Å²) in [5.74, 6) is -5.87. The van der Waals surface area contributed by atoms with Gasteiger partial charge in [-0.2, -0.15) is 0 Å². The molecule has 0 fully saturated rings. The lowest BCUT2D eigenvalue weighted by molar-refractivity contribution is -0.119. The van der Waals surface area contributed by atoms with Crippen LogP contribution in [0.2, 0.25) is 5.02 Å². The van der Waals surface area contributed by atoms with Crippen LogP contribution in [0.5, 0.6) is 5.75 Å². The van der Waals surface area contributed by atoms with Crippen LogP contribution < -0.4 is 5.73 Å². The molecule has 0 saturated carbocycles. The molecule has 0 spiro atoms. The molecule has 0 saturated heterocycles. The Bertz CT molecular complexity index is 1120. The zero-order valence-corrected chi connectivity index (χ0v) is 15.8. The lowest BCUT2D eigenvalue weighted by atomic mass is 9.93. The standard InChI is InChI=1S/C20H17ClF2N2O3/c1-3-12(19(24)27)15-9(2)25(20(28)10-5-4-6-11(21)7-10)14-8-13(22)18(26)17(23)16(14)15/h4-8,12,26H,3H2,1-2H3,(H2,24,27). The fourth-order valence-electron chi connectivity index (χ4n) is 3.50. The second-order valence-electron chi connectivity index (χ2n) is 6.43. The van der Waals surface area contributed by atoms with E-state index < -0.39 is 35.1 Å². The first-order valence-corrected chi connectivity index (χ1v) is 8.88. The number of halogens is 3. The van der Waals surface area contributed by atoms with E-state index in [1.165, 1.54) is 19.1 Å². The van der Waals surface area contributed by atoms with Gasteiger partial charge in [0.1, 0.15) is 0 Å². The highest BCUT2D eigenvalue weighted by Gasteiger charge is 2.31. The molecule has 2 aromatic carbocycles. The molecule has 1 amide bonds. The van der Waals surface area contributed by atoms with E-state index in [9.17, 15) is 23.5 Å². The molecule has 0 radical (unpaired) electrons. The van der Waals surface area contributed by atoms with Crippen molar-refractivity contribution >= 4 is 34.3 Å². The topological polar surface area (TPSA) is 85.3 Å². The number of fused-ring (bicyclic) bond motifs is 1. The van der Waals surface area contributed by atoms with Crippen molar-refractivity contribution in [3.8, 4) is 5.75 Å². The smallest absolute Gasteiger partial charge is 0.262 e. The molecule has 1 heterocycles. The molecule has 3 N–H and O–H groups in total. The van der Waals surface area contributed by atoms with Gasteiger partial charge in [-0.15, -0.1) is 0 Å². The van der Waals surface area contributed by atoms with Gasteiger partial charge in [0.05, 0.1) is 11.4 Å². The summed E-state index contributed by atoms with van der Waals surface area (Å²) in [7, 11) is 0. The highest BCUT2D eigenvalue weighted by atomic mass is 35.5. The average molecular weight is 407 g/mol. The first-order chi connectivity index (χ1) is 13.2. The van der Waals surface area contributed by atoms with Crippen LogP contribution in [-0.4, -0.2) is 21.5 Å². The first kappa shape index (κ1) is 19.8. The third-order valence-corrected chi connectivity index (χ3v) is 5.02. The van der Waals surface area contributed by atoms with Crippen molar-refractivity contribution in [1.29, 1.82) is 0 Å². The van der Waals surface area contributed by atoms with Gasteiger partial charge in [0.25, 0.3) is 5.91 Å². The van der Waals surface area contributed by atoms with Gasteiger partial charge in [0, 0.05) is 27.7 Å². The number of nitrogens with zero attached hydrogens (tertiary/aromatic N) is 1. The van der Waals surface area contributed by atoms with E-state index in [1.807, 2.05) is 0 Å². The van der Waals surface area contributed by atoms with E-state index in [4.69, 9.17) is 17.3 Å². The van der Waals surface area contributed by atoms with Crippen LogP contribution in [0.3, 0.4) is 0 Å². The van der Waals surface area contributed by atoms with E-state index >= 15 is 0 Å². The number of amides is 1. The number of rotatable bonds is 4. The molecule has 28 heavy (non-hydrogen) atoms. The Labute approximate surface area is 164 Å². The number of primary amides is 1. The molecule has 0 bridgehead atoms. The molecule has 5 nitrogen and oxygen atoms in total. The number of hydrogen-bond donors (Lipinski definition) is 2. The van der Waals surface area contributed by atoms with Gasteiger partial charge < -0.3 is 10.8 Å². The van der Waals surface area contributed by atoms with Crippen molar-refractivity contribution in [1.82, 2.24) is 4.57 Å². The monoisotopic (exact) mass is 406 g/mol. The summed E-state index contributed by atoms with van der Waals surface area (Å²) in [6.45, 7) is 3.19. The summed E-state index contributed by atoms with van der Waals surface area (Å²) in [6, 6.07) is 6.95. The fraction of sp³-hybridized carbons (Fsp3) is 0.200. The summed E-state index contributed by atoms with van der Waals surface area (Å²) >= 11 is 5.95. The third-order valence-electron chi connectivity index (χ3n) is 4.78. The Morgan fingerprint density at radius 3 is 2.54 bits per heavy atom. The summed E-state index contributed by atoms with van der Waals surface area (Å²) in [4.78, 5) is 25.1. The molecule has 8 heteroatoms. The van der Waals surface area contributed by atoms with Crippen LogP contribution in [0.4, 0.5) is 8.78 Å². The molecule has 0 aliphatic heterocycles. The maximum absolute atomic E-state index is 14.8. The molecular weight excluding hydrogens is 390 g/mol. The summed E-state index contributed by atoms with van der Waals surface area (Å²) in [6.07, 6.45) is 0.234. The van der Waals surface area contributed by atoms with Gasteiger partial charge in [-0.1, -0.05) is 24.6 Å². The van der Waals surface area contributed by atoms with Crippen LogP contribution in [0, 0.1) is 18.6 Å². The summed E-state index contributed by atoms with van der Waals surface area (Å²) in [5.41, 5.74) is 5.93. The largest absolute Gasteiger partial charge is 0.503 e. The summed E-state index contributed by atoms with van der Waals surface area (Å²) < 4.78 is 30.0. The molecule has 1 atom stereocenters. The maximum Gasteiger partial charge on any atom is 0.262 e. The SMILES string of the molecule is CCC(C(N)=O)c1c(C)n(C(=O)c2cccc(Cl)c2)c2cc(F)c(O)c(F)c12. The van der Waals surface area contributed by atoms with Crippen LogP contribution in [0.1, 0.15) is 40.9 Å². The Morgan fingerprint density at radius 1 is 1.29 bits per heavy atom. The molecule has 3 rings (SSSR count). The maximum atomic E-state index is 14.8. The molecule has 0 aliphatic carbocycles. The lowest BCUT2D eigenvalue weighted by Gasteiger charge is -2.13. The molecule has 146 valence electrons. The third kappa shape index (κ3) is 3.01. The molecule has 0 aliphatic rings. The van der Waals surface area contributed by atoms with Gasteiger partial charge in [-0.3, -0.25) is 14.2 Å². The van der Waals surface area contributed by atoms with Gasteiger partial charge in [-0.25, -0.2) is 8.78 Å². The second kappa shape index (κ2) is 7.24.